The lowest BCUT2D eigenvalue weighted by Gasteiger charge is -2.43. The maximum Gasteiger partial charge on any atom is 0.352 e. The smallest absolute Gasteiger partial charge is 0.352 e. The molecule has 0 spiro atoms. The standard InChI is InChI=1S/C10H11NO5S/c1-5(12)16-3-6-4-17-8-2-7(13)11(8)9(6)10(14)15/h8H,2-4H2,1H3,(H,14,15)/t8-/m1/s1. The molecule has 0 aromatic carbocycles. The highest BCUT2D eigenvalue weighted by Crippen LogP contribution is 2.39. The highest BCUT2D eigenvalue weighted by Gasteiger charge is 2.45. The zero-order valence-electron chi connectivity index (χ0n) is 9.13. The summed E-state index contributed by atoms with van der Waals surface area (Å²) in [6.45, 7) is 1.19. The Kier molecular flexibility index (Phi) is 3.10. The van der Waals surface area contributed by atoms with Crippen molar-refractivity contribution in [2.45, 2.75) is 18.7 Å². The Morgan fingerprint density at radius 2 is 2.29 bits per heavy atom. The van der Waals surface area contributed by atoms with E-state index in [2.05, 4.69) is 0 Å². The molecule has 0 aromatic rings. The molecule has 2 heterocycles. The van der Waals surface area contributed by atoms with Crippen LogP contribution in [0, 0.1) is 0 Å². The largest absolute Gasteiger partial charge is 0.477 e. The number of hydrogen-bond donors (Lipinski definition) is 1. The normalized spacial score (nSPS) is 23.0. The molecule has 1 fully saturated rings. The van der Waals surface area contributed by atoms with E-state index in [0.717, 1.165) is 0 Å². The first-order valence-electron chi connectivity index (χ1n) is 5.03. The molecule has 2 aliphatic heterocycles. The zero-order valence-corrected chi connectivity index (χ0v) is 9.95. The van der Waals surface area contributed by atoms with Crippen LogP contribution in [0.1, 0.15) is 13.3 Å². The van der Waals surface area contributed by atoms with Gasteiger partial charge < -0.3 is 9.84 Å². The van der Waals surface area contributed by atoms with Crippen molar-refractivity contribution in [1.82, 2.24) is 4.90 Å². The van der Waals surface area contributed by atoms with E-state index in [-0.39, 0.29) is 23.6 Å². The highest BCUT2D eigenvalue weighted by molar-refractivity contribution is 8.00. The van der Waals surface area contributed by atoms with Crippen LogP contribution in [-0.2, 0) is 19.1 Å². The van der Waals surface area contributed by atoms with Crippen LogP contribution in [0.2, 0.25) is 0 Å². The molecular formula is C10H11NO5S. The van der Waals surface area contributed by atoms with E-state index in [9.17, 15) is 14.4 Å². The summed E-state index contributed by atoms with van der Waals surface area (Å²) >= 11 is 1.49. The Bertz CT molecular complexity index is 430. The molecule has 0 aromatic heterocycles. The third-order valence-electron chi connectivity index (χ3n) is 2.58. The number of aliphatic carboxylic acids is 1. The fraction of sp³-hybridized carbons (Fsp3) is 0.500. The zero-order chi connectivity index (χ0) is 12.6. The van der Waals surface area contributed by atoms with Crippen molar-refractivity contribution in [3.63, 3.8) is 0 Å². The number of thioether (sulfide) groups is 1. The number of hydrogen-bond acceptors (Lipinski definition) is 5. The summed E-state index contributed by atoms with van der Waals surface area (Å²) in [5, 5.41) is 9.04. The Morgan fingerprint density at radius 3 is 2.82 bits per heavy atom. The van der Waals surface area contributed by atoms with E-state index in [1.807, 2.05) is 0 Å². The molecule has 1 saturated heterocycles. The van der Waals surface area contributed by atoms with Gasteiger partial charge in [-0.15, -0.1) is 11.8 Å². The summed E-state index contributed by atoms with van der Waals surface area (Å²) in [5.41, 5.74) is 0.452. The predicted molar refractivity (Wildman–Crippen MR) is 59.0 cm³/mol. The molecule has 2 rings (SSSR count). The molecule has 0 unspecified atom stereocenters. The molecule has 0 bridgehead atoms. The van der Waals surface area contributed by atoms with Gasteiger partial charge in [0.25, 0.3) is 0 Å². The molecule has 0 aliphatic carbocycles. The molecule has 92 valence electrons. The average molecular weight is 257 g/mol. The van der Waals surface area contributed by atoms with Crippen LogP contribution in [0.3, 0.4) is 0 Å². The highest BCUT2D eigenvalue weighted by atomic mass is 32.2. The number of nitrogens with zero attached hydrogens (tertiary/aromatic N) is 1. The van der Waals surface area contributed by atoms with Gasteiger partial charge >= 0.3 is 11.9 Å². The number of carbonyl (C=O) groups excluding carboxylic acids is 2. The minimum Gasteiger partial charge on any atom is -0.477 e. The average Bonchev–Trinajstić information content (AvgIpc) is 2.24. The van der Waals surface area contributed by atoms with Crippen LogP contribution in [0.5, 0.6) is 0 Å². The van der Waals surface area contributed by atoms with Crippen LogP contribution >= 0.6 is 11.8 Å². The van der Waals surface area contributed by atoms with Crippen LogP contribution < -0.4 is 0 Å². The van der Waals surface area contributed by atoms with Gasteiger partial charge in [0, 0.05) is 18.2 Å². The quantitative estimate of drug-likeness (QED) is 0.574. The lowest BCUT2D eigenvalue weighted by atomic mass is 10.1. The molecule has 1 N–H and O–H groups in total. The Labute approximate surface area is 102 Å². The van der Waals surface area contributed by atoms with Crippen LogP contribution in [0.4, 0.5) is 0 Å². The van der Waals surface area contributed by atoms with E-state index in [1.165, 1.54) is 23.6 Å². The van der Waals surface area contributed by atoms with Crippen LogP contribution in [-0.4, -0.2) is 45.6 Å². The summed E-state index contributed by atoms with van der Waals surface area (Å²) in [7, 11) is 0. The van der Waals surface area contributed by atoms with Crippen LogP contribution in [0.25, 0.3) is 0 Å². The lowest BCUT2D eigenvalue weighted by molar-refractivity contribution is -0.146. The van der Waals surface area contributed by atoms with Crippen molar-refractivity contribution in [3.05, 3.63) is 11.3 Å². The fourth-order valence-electron chi connectivity index (χ4n) is 1.78. The minimum atomic E-state index is -1.15. The maximum atomic E-state index is 11.4. The predicted octanol–water partition coefficient (Wildman–Crippen LogP) is 0.193. The number of esters is 1. The summed E-state index contributed by atoms with van der Waals surface area (Å²) in [5.74, 6) is -1.33. The number of rotatable bonds is 3. The fourth-order valence-corrected chi connectivity index (χ4v) is 3.02. The molecule has 2 aliphatic rings. The summed E-state index contributed by atoms with van der Waals surface area (Å²) in [4.78, 5) is 34.5. The van der Waals surface area contributed by atoms with Crippen molar-refractivity contribution in [2.24, 2.45) is 0 Å². The Hall–Kier alpha value is -1.50. The maximum absolute atomic E-state index is 11.4. The van der Waals surface area contributed by atoms with Gasteiger partial charge in [-0.3, -0.25) is 14.5 Å². The monoisotopic (exact) mass is 257 g/mol. The first kappa shape index (κ1) is 12.0. The van der Waals surface area contributed by atoms with Crippen molar-refractivity contribution in [2.75, 3.05) is 12.4 Å². The second-order valence-corrected chi connectivity index (χ2v) is 4.94. The summed E-state index contributed by atoms with van der Waals surface area (Å²) in [6.07, 6.45) is 0.377. The lowest BCUT2D eigenvalue weighted by Crippen LogP contribution is -2.54. The molecule has 1 amide bonds. The molecule has 7 heteroatoms. The number of β-lactam (4-membered cyclic amide) rings is 1. The van der Waals surface area contributed by atoms with E-state index in [1.54, 1.807) is 0 Å². The molecular weight excluding hydrogens is 246 g/mol. The van der Waals surface area contributed by atoms with Gasteiger partial charge in [-0.25, -0.2) is 4.79 Å². The molecule has 0 saturated carbocycles. The van der Waals surface area contributed by atoms with E-state index < -0.39 is 11.9 Å². The first-order valence-corrected chi connectivity index (χ1v) is 6.08. The topological polar surface area (TPSA) is 83.9 Å². The molecule has 17 heavy (non-hydrogen) atoms. The van der Waals surface area contributed by atoms with Crippen molar-refractivity contribution in [1.29, 1.82) is 0 Å². The van der Waals surface area contributed by atoms with Gasteiger partial charge in [-0.05, 0) is 0 Å². The van der Waals surface area contributed by atoms with Crippen molar-refractivity contribution >= 4 is 29.6 Å². The minimum absolute atomic E-state index is 0.0220. The number of carboxylic acid groups (broad SMARTS) is 1. The van der Waals surface area contributed by atoms with Crippen LogP contribution in [0.15, 0.2) is 11.3 Å². The number of carbonyl (C=O) groups is 3. The van der Waals surface area contributed by atoms with Gasteiger partial charge in [0.1, 0.15) is 12.3 Å². The third kappa shape index (κ3) is 2.14. The molecule has 6 nitrogen and oxygen atoms in total. The van der Waals surface area contributed by atoms with Gasteiger partial charge in [-0.2, -0.15) is 0 Å². The summed E-state index contributed by atoms with van der Waals surface area (Å²) < 4.78 is 4.79. The van der Waals surface area contributed by atoms with Gasteiger partial charge in [0.2, 0.25) is 5.91 Å². The van der Waals surface area contributed by atoms with Gasteiger partial charge in [-0.1, -0.05) is 0 Å². The third-order valence-corrected chi connectivity index (χ3v) is 3.86. The van der Waals surface area contributed by atoms with Gasteiger partial charge in [0.05, 0.1) is 11.8 Å². The van der Waals surface area contributed by atoms with E-state index in [0.29, 0.717) is 17.7 Å². The Morgan fingerprint density at radius 1 is 1.59 bits per heavy atom. The van der Waals surface area contributed by atoms with Crippen molar-refractivity contribution < 1.29 is 24.2 Å². The Balaban J connectivity index is 2.23. The number of carboxylic acids is 1. The second kappa shape index (κ2) is 4.40. The number of ether oxygens (including phenoxy) is 1. The van der Waals surface area contributed by atoms with Gasteiger partial charge in [0.15, 0.2) is 0 Å². The van der Waals surface area contributed by atoms with Crippen molar-refractivity contribution in [3.8, 4) is 0 Å². The molecule has 0 radical (unpaired) electrons. The number of fused-ring (bicyclic) bond motifs is 1. The second-order valence-electron chi connectivity index (χ2n) is 3.77. The summed E-state index contributed by atoms with van der Waals surface area (Å²) in [6, 6.07) is 0. The van der Waals surface area contributed by atoms with E-state index >= 15 is 0 Å². The molecule has 1 atom stereocenters. The SMILES string of the molecule is CC(=O)OCC1=C(C(=O)O)N2C(=O)C[C@H]2SC1. The van der Waals surface area contributed by atoms with E-state index in [4.69, 9.17) is 9.84 Å². The first-order chi connectivity index (χ1) is 8.00. The number of amides is 1.